The molecule has 1 rings (SSSR count). The van der Waals surface area contributed by atoms with Gasteiger partial charge in [-0.15, -0.1) is 0 Å². The van der Waals surface area contributed by atoms with Gasteiger partial charge in [-0.2, -0.15) is 0 Å². The third-order valence-electron chi connectivity index (χ3n) is 2.68. The van der Waals surface area contributed by atoms with Crippen LogP contribution in [0.25, 0.3) is 0 Å². The topological polar surface area (TPSA) is 100 Å². The molecule has 0 aliphatic carbocycles. The number of hydrogen-bond acceptors (Lipinski definition) is 4. The van der Waals surface area contributed by atoms with Gasteiger partial charge in [0.05, 0.1) is 19.3 Å². The van der Waals surface area contributed by atoms with E-state index in [0.717, 1.165) is 0 Å². The van der Waals surface area contributed by atoms with Crippen LogP contribution in [0.4, 0.5) is 4.79 Å². The lowest BCUT2D eigenvalue weighted by atomic mass is 10.0. The first-order valence-electron chi connectivity index (χ1n) is 5.67. The van der Waals surface area contributed by atoms with Gasteiger partial charge in [-0.25, -0.2) is 4.79 Å². The van der Waals surface area contributed by atoms with Gasteiger partial charge in [-0.05, 0) is 5.92 Å². The molecule has 0 aromatic heterocycles. The van der Waals surface area contributed by atoms with Gasteiger partial charge < -0.3 is 25.9 Å². The molecule has 17 heavy (non-hydrogen) atoms. The summed E-state index contributed by atoms with van der Waals surface area (Å²) in [5.74, 6) is 0.0671. The summed E-state index contributed by atoms with van der Waals surface area (Å²) in [4.78, 5) is 13.6. The molecule has 98 valence electrons. The summed E-state index contributed by atoms with van der Waals surface area (Å²) in [6.45, 7) is 6.00. The highest BCUT2D eigenvalue weighted by Crippen LogP contribution is 2.04. The van der Waals surface area contributed by atoms with Crippen LogP contribution in [0.5, 0.6) is 0 Å². The Balaban J connectivity index is 2.57. The number of rotatable bonds is 3. The molecular formula is C10H20N4O3. The van der Waals surface area contributed by atoms with E-state index in [1.165, 1.54) is 0 Å². The Kier molecular flexibility index (Phi) is 5.02. The SMILES string of the molecule is CC(C)C(NC(=O)N1CCOCC1)C(N)=NO. The fourth-order valence-corrected chi connectivity index (χ4v) is 1.64. The lowest BCUT2D eigenvalue weighted by molar-refractivity contribution is 0.0526. The Hall–Kier alpha value is -1.50. The number of hydrogen-bond donors (Lipinski definition) is 3. The zero-order valence-electron chi connectivity index (χ0n) is 10.2. The maximum absolute atomic E-state index is 11.9. The molecule has 0 spiro atoms. The first-order valence-corrected chi connectivity index (χ1v) is 5.67. The second-order valence-corrected chi connectivity index (χ2v) is 4.30. The van der Waals surface area contributed by atoms with Crippen LogP contribution in [0.15, 0.2) is 5.16 Å². The highest BCUT2D eigenvalue weighted by atomic mass is 16.5. The third kappa shape index (κ3) is 3.77. The molecule has 1 unspecified atom stereocenters. The van der Waals surface area contributed by atoms with E-state index in [1.807, 2.05) is 13.8 Å². The van der Waals surface area contributed by atoms with E-state index in [-0.39, 0.29) is 17.8 Å². The van der Waals surface area contributed by atoms with Gasteiger partial charge in [0.2, 0.25) is 0 Å². The van der Waals surface area contributed by atoms with Crippen LogP contribution < -0.4 is 11.1 Å². The van der Waals surface area contributed by atoms with Gasteiger partial charge in [0.25, 0.3) is 0 Å². The molecule has 1 aliphatic rings. The molecule has 1 aliphatic heterocycles. The average Bonchev–Trinajstić information content (AvgIpc) is 2.35. The van der Waals surface area contributed by atoms with Crippen molar-refractivity contribution in [2.45, 2.75) is 19.9 Å². The highest BCUT2D eigenvalue weighted by Gasteiger charge is 2.24. The average molecular weight is 244 g/mol. The molecule has 4 N–H and O–H groups in total. The van der Waals surface area contributed by atoms with E-state index in [9.17, 15) is 4.79 Å². The number of nitrogens with two attached hydrogens (primary N) is 1. The first-order chi connectivity index (χ1) is 8.06. The summed E-state index contributed by atoms with van der Waals surface area (Å²) in [5.41, 5.74) is 5.54. The van der Waals surface area contributed by atoms with Crippen molar-refractivity contribution in [1.29, 1.82) is 0 Å². The van der Waals surface area contributed by atoms with Crippen LogP contribution in [0, 0.1) is 5.92 Å². The fraction of sp³-hybridized carbons (Fsp3) is 0.800. The molecule has 0 aromatic rings. The van der Waals surface area contributed by atoms with Gasteiger partial charge in [0.1, 0.15) is 0 Å². The molecule has 1 saturated heterocycles. The second kappa shape index (κ2) is 6.29. The van der Waals surface area contributed by atoms with Crippen LogP contribution in [0.2, 0.25) is 0 Å². The van der Waals surface area contributed by atoms with Gasteiger partial charge in [-0.3, -0.25) is 0 Å². The predicted molar refractivity (Wildman–Crippen MR) is 63.0 cm³/mol. The number of carbonyl (C=O) groups is 1. The normalized spacial score (nSPS) is 19.2. The van der Waals surface area contributed by atoms with Gasteiger partial charge in [-0.1, -0.05) is 19.0 Å². The maximum Gasteiger partial charge on any atom is 0.318 e. The van der Waals surface area contributed by atoms with Crippen LogP contribution in [-0.4, -0.2) is 54.3 Å². The van der Waals surface area contributed by atoms with Crippen LogP contribution in [-0.2, 0) is 4.74 Å². The van der Waals surface area contributed by atoms with E-state index in [1.54, 1.807) is 4.90 Å². The van der Waals surface area contributed by atoms with Crippen molar-refractivity contribution < 1.29 is 14.7 Å². The van der Waals surface area contributed by atoms with E-state index in [0.29, 0.717) is 26.3 Å². The maximum atomic E-state index is 11.9. The number of nitrogens with zero attached hydrogens (tertiary/aromatic N) is 2. The van der Waals surface area contributed by atoms with E-state index in [2.05, 4.69) is 10.5 Å². The molecule has 7 nitrogen and oxygen atoms in total. The summed E-state index contributed by atoms with van der Waals surface area (Å²) in [5, 5.41) is 14.4. The molecular weight excluding hydrogens is 224 g/mol. The minimum Gasteiger partial charge on any atom is -0.409 e. The molecule has 1 fully saturated rings. The van der Waals surface area contributed by atoms with Crippen molar-refractivity contribution in [2.75, 3.05) is 26.3 Å². The number of ether oxygens (including phenoxy) is 1. The smallest absolute Gasteiger partial charge is 0.318 e. The molecule has 7 heteroatoms. The van der Waals surface area contributed by atoms with Gasteiger partial charge >= 0.3 is 6.03 Å². The minimum absolute atomic E-state index is 0.0154. The molecule has 0 aromatic carbocycles. The number of amides is 2. The Labute approximate surface area is 101 Å². The summed E-state index contributed by atoms with van der Waals surface area (Å²) in [7, 11) is 0. The number of oxime groups is 1. The van der Waals surface area contributed by atoms with Crippen molar-refractivity contribution in [3.05, 3.63) is 0 Å². The lowest BCUT2D eigenvalue weighted by Crippen LogP contribution is -2.54. The molecule has 1 atom stereocenters. The Bertz CT molecular complexity index is 287. The fourth-order valence-electron chi connectivity index (χ4n) is 1.64. The number of morpholine rings is 1. The zero-order chi connectivity index (χ0) is 12.8. The first kappa shape index (κ1) is 13.6. The van der Waals surface area contributed by atoms with Crippen molar-refractivity contribution in [1.82, 2.24) is 10.2 Å². The van der Waals surface area contributed by atoms with Gasteiger partial charge in [0.15, 0.2) is 5.84 Å². The largest absolute Gasteiger partial charge is 0.409 e. The van der Waals surface area contributed by atoms with E-state index >= 15 is 0 Å². The molecule has 0 radical (unpaired) electrons. The molecule has 0 saturated carbocycles. The van der Waals surface area contributed by atoms with Crippen LogP contribution in [0.1, 0.15) is 13.8 Å². The number of amidine groups is 1. The number of carbonyl (C=O) groups excluding carboxylic acids is 1. The third-order valence-corrected chi connectivity index (χ3v) is 2.68. The van der Waals surface area contributed by atoms with Crippen molar-refractivity contribution in [2.24, 2.45) is 16.8 Å². The van der Waals surface area contributed by atoms with Crippen LogP contribution >= 0.6 is 0 Å². The molecule has 0 bridgehead atoms. The zero-order valence-corrected chi connectivity index (χ0v) is 10.2. The van der Waals surface area contributed by atoms with Crippen molar-refractivity contribution >= 4 is 11.9 Å². The van der Waals surface area contributed by atoms with Crippen molar-refractivity contribution in [3.8, 4) is 0 Å². The molecule has 1 heterocycles. The predicted octanol–water partition coefficient (Wildman–Crippen LogP) is -0.201. The highest BCUT2D eigenvalue weighted by molar-refractivity contribution is 5.89. The Morgan fingerprint density at radius 1 is 1.47 bits per heavy atom. The number of urea groups is 1. The summed E-state index contributed by atoms with van der Waals surface area (Å²) >= 11 is 0. The van der Waals surface area contributed by atoms with Crippen molar-refractivity contribution in [3.63, 3.8) is 0 Å². The minimum atomic E-state index is -0.463. The summed E-state index contributed by atoms with van der Waals surface area (Å²) < 4.78 is 5.16. The second-order valence-electron chi connectivity index (χ2n) is 4.30. The quantitative estimate of drug-likeness (QED) is 0.277. The summed E-state index contributed by atoms with van der Waals surface area (Å²) in [6, 6.07) is -0.672. The Morgan fingerprint density at radius 3 is 2.53 bits per heavy atom. The Morgan fingerprint density at radius 2 is 2.06 bits per heavy atom. The monoisotopic (exact) mass is 244 g/mol. The van der Waals surface area contributed by atoms with E-state index in [4.69, 9.17) is 15.7 Å². The lowest BCUT2D eigenvalue weighted by Gasteiger charge is -2.30. The standard InChI is InChI=1S/C10H20N4O3/c1-7(2)8(9(11)13-16)12-10(15)14-3-5-17-6-4-14/h7-8,16H,3-6H2,1-2H3,(H2,11,13)(H,12,15). The van der Waals surface area contributed by atoms with Gasteiger partial charge in [0, 0.05) is 13.1 Å². The molecule has 2 amide bonds. The number of nitrogens with one attached hydrogen (secondary N) is 1. The van der Waals surface area contributed by atoms with E-state index < -0.39 is 6.04 Å². The van der Waals surface area contributed by atoms with Crippen LogP contribution in [0.3, 0.4) is 0 Å². The summed E-state index contributed by atoms with van der Waals surface area (Å²) in [6.07, 6.45) is 0.